The minimum Gasteiger partial charge on any atom is -0.475 e. The highest BCUT2D eigenvalue weighted by Crippen LogP contribution is 2.27. The van der Waals surface area contributed by atoms with Crippen LogP contribution in [0.5, 0.6) is 0 Å². The van der Waals surface area contributed by atoms with E-state index in [1.807, 2.05) is 18.2 Å². The summed E-state index contributed by atoms with van der Waals surface area (Å²) in [4.78, 5) is 4.94. The first-order valence-electron chi connectivity index (χ1n) is 9.89. The maximum Gasteiger partial charge on any atom is 0.216 e. The fourth-order valence-electron chi connectivity index (χ4n) is 3.56. The molecule has 0 saturated carbocycles. The molecule has 0 spiro atoms. The van der Waals surface area contributed by atoms with Crippen molar-refractivity contribution < 1.29 is 4.74 Å². The van der Waals surface area contributed by atoms with E-state index in [9.17, 15) is 0 Å². The van der Waals surface area contributed by atoms with Crippen LogP contribution < -0.4 is 0 Å². The van der Waals surface area contributed by atoms with Gasteiger partial charge in [-0.1, -0.05) is 77.9 Å². The Morgan fingerprint density at radius 3 is 1.86 bits per heavy atom. The first-order valence-corrected chi connectivity index (χ1v) is 9.89. The molecule has 1 heterocycles. The second-order valence-corrected chi connectivity index (χ2v) is 7.61. The third-order valence-corrected chi connectivity index (χ3v) is 5.25. The zero-order valence-corrected chi connectivity index (χ0v) is 16.6. The smallest absolute Gasteiger partial charge is 0.216 e. The molecule has 3 aromatic carbocycles. The molecule has 1 atom stereocenters. The lowest BCUT2D eigenvalue weighted by molar-refractivity contribution is 0.317. The Hall–Kier alpha value is -2.87. The monoisotopic (exact) mass is 368 g/mol. The second kappa shape index (κ2) is 8.43. The van der Waals surface area contributed by atoms with Crippen molar-refractivity contribution in [3.8, 4) is 0 Å². The maximum atomic E-state index is 5.98. The highest BCUT2D eigenvalue weighted by Gasteiger charge is 2.29. The molecule has 1 aliphatic rings. The van der Waals surface area contributed by atoms with Gasteiger partial charge in [0.05, 0.1) is 6.04 Å². The lowest BCUT2D eigenvalue weighted by Crippen LogP contribution is -2.22. The molecule has 2 nitrogen and oxygen atoms in total. The van der Waals surface area contributed by atoms with E-state index in [2.05, 4.69) is 74.5 Å². The van der Waals surface area contributed by atoms with Crippen molar-refractivity contribution in [2.45, 2.75) is 32.7 Å². The van der Waals surface area contributed by atoms with Crippen LogP contribution in [-0.2, 0) is 17.6 Å². The maximum absolute atomic E-state index is 5.98. The molecule has 3 aromatic rings. The second-order valence-electron chi connectivity index (χ2n) is 7.61. The SMILES string of the molecule is Cc1ccc(C[C](Cc2ccc(C)cc2)[C@@H]2COC(c3ccccc3)=N2)cc1. The molecule has 0 amide bonds. The van der Waals surface area contributed by atoms with E-state index in [1.54, 1.807) is 0 Å². The van der Waals surface area contributed by atoms with Crippen LogP contribution in [-0.4, -0.2) is 18.5 Å². The van der Waals surface area contributed by atoms with Gasteiger partial charge in [0.15, 0.2) is 0 Å². The van der Waals surface area contributed by atoms with E-state index in [0.717, 1.165) is 24.3 Å². The van der Waals surface area contributed by atoms with Crippen molar-refractivity contribution in [3.05, 3.63) is 113 Å². The third-order valence-electron chi connectivity index (χ3n) is 5.25. The van der Waals surface area contributed by atoms with Gasteiger partial charge in [-0.05, 0) is 49.9 Å². The van der Waals surface area contributed by atoms with Crippen molar-refractivity contribution in [2.24, 2.45) is 4.99 Å². The van der Waals surface area contributed by atoms with E-state index >= 15 is 0 Å². The topological polar surface area (TPSA) is 21.6 Å². The molecule has 0 aromatic heterocycles. The van der Waals surface area contributed by atoms with Crippen LogP contribution in [0.2, 0.25) is 0 Å². The van der Waals surface area contributed by atoms with Crippen LogP contribution >= 0.6 is 0 Å². The summed E-state index contributed by atoms with van der Waals surface area (Å²) in [5.74, 6) is 2.16. The Kier molecular flexibility index (Phi) is 5.57. The van der Waals surface area contributed by atoms with Gasteiger partial charge >= 0.3 is 0 Å². The number of nitrogens with zero attached hydrogens (tertiary/aromatic N) is 1. The average molecular weight is 369 g/mol. The summed E-state index contributed by atoms with van der Waals surface area (Å²) in [7, 11) is 0. The zero-order chi connectivity index (χ0) is 19.3. The van der Waals surface area contributed by atoms with Crippen LogP contribution in [0.1, 0.15) is 27.8 Å². The van der Waals surface area contributed by atoms with Gasteiger partial charge in [0.25, 0.3) is 0 Å². The van der Waals surface area contributed by atoms with Gasteiger partial charge in [-0.15, -0.1) is 0 Å². The Bertz CT molecular complexity index is 879. The van der Waals surface area contributed by atoms with Gasteiger partial charge in [0, 0.05) is 11.5 Å². The number of ether oxygens (including phenoxy) is 1. The van der Waals surface area contributed by atoms with Crippen molar-refractivity contribution in [1.82, 2.24) is 0 Å². The van der Waals surface area contributed by atoms with E-state index in [-0.39, 0.29) is 6.04 Å². The largest absolute Gasteiger partial charge is 0.475 e. The Morgan fingerprint density at radius 2 is 1.32 bits per heavy atom. The van der Waals surface area contributed by atoms with E-state index < -0.39 is 0 Å². The Labute approximate surface area is 167 Å². The van der Waals surface area contributed by atoms with Gasteiger partial charge in [0.1, 0.15) is 6.61 Å². The van der Waals surface area contributed by atoms with Gasteiger partial charge in [-0.25, -0.2) is 4.99 Å². The molecule has 141 valence electrons. The summed E-state index contributed by atoms with van der Waals surface area (Å²) in [5.41, 5.74) is 6.29. The number of hydrogen-bond donors (Lipinski definition) is 0. The molecule has 0 aliphatic carbocycles. The van der Waals surface area contributed by atoms with E-state index in [1.165, 1.54) is 28.2 Å². The summed E-state index contributed by atoms with van der Waals surface area (Å²) in [5, 5.41) is 0. The fourth-order valence-corrected chi connectivity index (χ4v) is 3.56. The van der Waals surface area contributed by atoms with Gasteiger partial charge in [-0.2, -0.15) is 0 Å². The summed E-state index contributed by atoms with van der Waals surface area (Å²) in [6.45, 7) is 4.88. The predicted octanol–water partition coefficient (Wildman–Crippen LogP) is 5.51. The number of aliphatic imine (C=N–C) groups is 1. The minimum atomic E-state index is 0.0952. The zero-order valence-electron chi connectivity index (χ0n) is 16.6. The molecule has 4 rings (SSSR count). The molecular formula is C26H26NO. The quantitative estimate of drug-likeness (QED) is 0.562. The first-order chi connectivity index (χ1) is 13.7. The molecule has 0 N–H and O–H groups in total. The lowest BCUT2D eigenvalue weighted by atomic mass is 9.87. The third kappa shape index (κ3) is 4.51. The first kappa shape index (κ1) is 18.5. The van der Waals surface area contributed by atoms with Gasteiger partial charge in [0.2, 0.25) is 5.90 Å². The molecule has 0 bridgehead atoms. The average Bonchev–Trinajstić information content (AvgIpc) is 3.22. The molecule has 2 heteroatoms. The number of hydrogen-bond acceptors (Lipinski definition) is 2. The van der Waals surface area contributed by atoms with Gasteiger partial charge in [-0.3, -0.25) is 0 Å². The highest BCUT2D eigenvalue weighted by molar-refractivity contribution is 5.95. The molecule has 28 heavy (non-hydrogen) atoms. The summed E-state index contributed by atoms with van der Waals surface area (Å²) in [6.07, 6.45) is 1.85. The van der Waals surface area contributed by atoms with Gasteiger partial charge < -0.3 is 4.74 Å². The van der Waals surface area contributed by atoms with Crippen molar-refractivity contribution in [3.63, 3.8) is 0 Å². The summed E-state index contributed by atoms with van der Waals surface area (Å²) >= 11 is 0. The van der Waals surface area contributed by atoms with E-state index in [0.29, 0.717) is 6.61 Å². The summed E-state index contributed by atoms with van der Waals surface area (Å²) in [6, 6.07) is 27.9. The van der Waals surface area contributed by atoms with Crippen molar-refractivity contribution in [1.29, 1.82) is 0 Å². The Morgan fingerprint density at radius 1 is 0.786 bits per heavy atom. The summed E-state index contributed by atoms with van der Waals surface area (Å²) < 4.78 is 5.98. The van der Waals surface area contributed by atoms with Crippen molar-refractivity contribution in [2.75, 3.05) is 6.61 Å². The van der Waals surface area contributed by atoms with E-state index in [4.69, 9.17) is 9.73 Å². The minimum absolute atomic E-state index is 0.0952. The molecular weight excluding hydrogens is 342 g/mol. The number of aryl methyl sites for hydroxylation is 2. The number of rotatable bonds is 6. The van der Waals surface area contributed by atoms with Crippen molar-refractivity contribution >= 4 is 5.90 Å². The molecule has 0 saturated heterocycles. The molecule has 1 radical (unpaired) electrons. The lowest BCUT2D eigenvalue weighted by Gasteiger charge is -2.20. The normalized spacial score (nSPS) is 16.1. The van der Waals surface area contributed by atoms with Crippen LogP contribution in [0, 0.1) is 19.8 Å². The standard InChI is InChI=1S/C26H26NO/c1-19-8-12-21(13-9-19)16-24(17-22-14-10-20(2)11-15-22)25-18-28-26(27-25)23-6-4-3-5-7-23/h3-15,25H,16-18H2,1-2H3/t25-/m0/s1. The van der Waals surface area contributed by atoms with Crippen LogP contribution in [0.4, 0.5) is 0 Å². The molecule has 0 fully saturated rings. The number of benzene rings is 3. The van der Waals surface area contributed by atoms with Crippen LogP contribution in [0.15, 0.2) is 83.9 Å². The van der Waals surface area contributed by atoms with Crippen LogP contribution in [0.25, 0.3) is 0 Å². The molecule has 0 unspecified atom stereocenters. The highest BCUT2D eigenvalue weighted by atomic mass is 16.5. The Balaban J connectivity index is 1.57. The fraction of sp³-hybridized carbons (Fsp3) is 0.231. The predicted molar refractivity (Wildman–Crippen MR) is 116 cm³/mol. The van der Waals surface area contributed by atoms with Crippen LogP contribution in [0.3, 0.4) is 0 Å². The molecule has 1 aliphatic heterocycles.